The molecule has 11 heteroatoms. The van der Waals surface area contributed by atoms with Gasteiger partial charge in [0.15, 0.2) is 0 Å². The van der Waals surface area contributed by atoms with Crippen LogP contribution in [0.2, 0.25) is 0 Å². The van der Waals surface area contributed by atoms with Gasteiger partial charge in [0.1, 0.15) is 0 Å². The van der Waals surface area contributed by atoms with Gasteiger partial charge in [-0.3, -0.25) is 0 Å². The van der Waals surface area contributed by atoms with Gasteiger partial charge < -0.3 is 0 Å². The zero-order chi connectivity index (χ0) is 17.6. The molecule has 0 aliphatic carbocycles. The summed E-state index contributed by atoms with van der Waals surface area (Å²) >= 11 is 0. The largest absolute Gasteiger partial charge is 0.438 e. The first-order valence-electron chi connectivity index (χ1n) is 5.24. The van der Waals surface area contributed by atoms with E-state index in [9.17, 15) is 48.3 Å². The van der Waals surface area contributed by atoms with Crippen molar-refractivity contribution in [3.05, 3.63) is 35.9 Å². The third-order valence-electron chi connectivity index (χ3n) is 2.74. The van der Waals surface area contributed by atoms with Crippen LogP contribution < -0.4 is 0 Å². The average Bonchev–Trinajstić information content (AvgIpc) is 2.35. The lowest BCUT2D eigenvalue weighted by Gasteiger charge is -2.39. The topological polar surface area (TPSA) is 0 Å². The number of benzene rings is 1. The van der Waals surface area contributed by atoms with E-state index < -0.39 is 35.4 Å². The molecule has 0 unspecified atom stereocenters. The highest BCUT2D eigenvalue weighted by Gasteiger charge is 2.90. The number of hydrogen-bond donors (Lipinski definition) is 0. The Labute approximate surface area is 115 Å². The number of hydrogen-bond acceptors (Lipinski definition) is 0. The minimum Gasteiger partial charge on any atom is -0.216 e. The molecule has 0 aliphatic heterocycles. The third-order valence-corrected chi connectivity index (χ3v) is 2.74. The summed E-state index contributed by atoms with van der Waals surface area (Å²) in [5.41, 5.74) is -9.32. The molecule has 0 spiro atoms. The second-order valence-corrected chi connectivity index (χ2v) is 4.17. The number of rotatable bonds is 3. The van der Waals surface area contributed by atoms with E-state index in [4.69, 9.17) is 0 Å². The zero-order valence-corrected chi connectivity index (χ0v) is 10.0. The molecule has 0 nitrogen and oxygen atoms in total. The fraction of sp³-hybridized carbons (Fsp3) is 0.455. The van der Waals surface area contributed by atoms with Crippen molar-refractivity contribution in [2.75, 3.05) is 0 Å². The van der Waals surface area contributed by atoms with Crippen molar-refractivity contribution in [2.24, 2.45) is 0 Å². The molecule has 1 aromatic carbocycles. The van der Waals surface area contributed by atoms with E-state index in [-0.39, 0.29) is 12.1 Å². The SMILES string of the molecule is FC(F)(F)C(F)(C(F)(F)F)C(F)(F)C(F)(F)c1ccccc1. The Morgan fingerprint density at radius 2 is 0.909 bits per heavy atom. The van der Waals surface area contributed by atoms with Crippen LogP contribution in [0, 0.1) is 0 Å². The van der Waals surface area contributed by atoms with Crippen molar-refractivity contribution < 1.29 is 48.3 Å². The molecule has 126 valence electrons. The number of alkyl halides is 11. The maximum atomic E-state index is 13.5. The second-order valence-electron chi connectivity index (χ2n) is 4.17. The maximum Gasteiger partial charge on any atom is 0.438 e. The summed E-state index contributed by atoms with van der Waals surface area (Å²) in [5.74, 6) is -13.2. The van der Waals surface area contributed by atoms with Crippen molar-refractivity contribution in [3.8, 4) is 0 Å². The van der Waals surface area contributed by atoms with Crippen LogP contribution in [0.25, 0.3) is 0 Å². The summed E-state index contributed by atoms with van der Waals surface area (Å²) in [7, 11) is 0. The van der Waals surface area contributed by atoms with E-state index in [0.29, 0.717) is 12.1 Å². The highest BCUT2D eigenvalue weighted by Crippen LogP contribution is 2.61. The molecule has 0 fully saturated rings. The van der Waals surface area contributed by atoms with E-state index in [0.717, 1.165) is 6.07 Å². The van der Waals surface area contributed by atoms with E-state index in [1.54, 1.807) is 0 Å². The fourth-order valence-corrected chi connectivity index (χ4v) is 1.56. The van der Waals surface area contributed by atoms with Crippen molar-refractivity contribution in [3.63, 3.8) is 0 Å². The predicted molar refractivity (Wildman–Crippen MR) is 51.2 cm³/mol. The Hall–Kier alpha value is -1.55. The smallest absolute Gasteiger partial charge is 0.216 e. The van der Waals surface area contributed by atoms with Crippen LogP contribution in [0.1, 0.15) is 5.56 Å². The summed E-state index contributed by atoms with van der Waals surface area (Å²) in [4.78, 5) is 0. The van der Waals surface area contributed by atoms with Gasteiger partial charge in [-0.2, -0.15) is 43.9 Å². The van der Waals surface area contributed by atoms with Gasteiger partial charge in [0.25, 0.3) is 0 Å². The van der Waals surface area contributed by atoms with Gasteiger partial charge in [-0.05, 0) is 0 Å². The van der Waals surface area contributed by atoms with Gasteiger partial charge in [-0.15, -0.1) is 0 Å². The van der Waals surface area contributed by atoms with E-state index in [1.165, 1.54) is 0 Å². The number of halogens is 11. The molecule has 1 rings (SSSR count). The van der Waals surface area contributed by atoms with Crippen LogP contribution >= 0.6 is 0 Å². The fourth-order valence-electron chi connectivity index (χ4n) is 1.56. The second kappa shape index (κ2) is 4.98. The molecule has 1 aromatic rings. The zero-order valence-electron chi connectivity index (χ0n) is 10.0. The van der Waals surface area contributed by atoms with Crippen LogP contribution in [-0.2, 0) is 5.92 Å². The molecule has 0 aliphatic rings. The molecule has 0 bridgehead atoms. The molecular weight excluding hydrogens is 341 g/mol. The van der Waals surface area contributed by atoms with Crippen LogP contribution in [0.4, 0.5) is 48.3 Å². The van der Waals surface area contributed by atoms with E-state index in [1.807, 2.05) is 0 Å². The van der Waals surface area contributed by atoms with Crippen LogP contribution in [0.15, 0.2) is 30.3 Å². The highest BCUT2D eigenvalue weighted by molar-refractivity contribution is 5.26. The third kappa shape index (κ3) is 2.39. The Bertz CT molecular complexity index is 497. The lowest BCUT2D eigenvalue weighted by molar-refractivity contribution is -0.429. The summed E-state index contributed by atoms with van der Waals surface area (Å²) in [6.45, 7) is 0. The van der Waals surface area contributed by atoms with Gasteiger partial charge in [-0.25, -0.2) is 4.39 Å². The Balaban J connectivity index is 3.60. The van der Waals surface area contributed by atoms with Gasteiger partial charge in [0.05, 0.1) is 0 Å². The van der Waals surface area contributed by atoms with Gasteiger partial charge in [-0.1, -0.05) is 30.3 Å². The summed E-state index contributed by atoms with van der Waals surface area (Å²) in [5, 5.41) is 0. The molecule has 0 saturated carbocycles. The quantitative estimate of drug-likeness (QED) is 0.656. The normalized spacial score (nSPS) is 15.0. The first-order valence-corrected chi connectivity index (χ1v) is 5.24. The maximum absolute atomic E-state index is 13.5. The average molecular weight is 346 g/mol. The highest BCUT2D eigenvalue weighted by atomic mass is 19.4. The van der Waals surface area contributed by atoms with Crippen molar-refractivity contribution in [1.29, 1.82) is 0 Å². The summed E-state index contributed by atoms with van der Waals surface area (Å²) in [6.07, 6.45) is -14.6. The van der Waals surface area contributed by atoms with Crippen molar-refractivity contribution in [1.82, 2.24) is 0 Å². The van der Waals surface area contributed by atoms with E-state index in [2.05, 4.69) is 0 Å². The lowest BCUT2D eigenvalue weighted by atomic mass is 9.87. The monoisotopic (exact) mass is 346 g/mol. The minimum atomic E-state index is -7.42. The predicted octanol–water partition coefficient (Wildman–Crippen LogP) is 5.25. The Kier molecular flexibility index (Phi) is 4.19. The standard InChI is InChI=1S/C11H5F11/c12-7(13,6-4-2-1-3-5-6)9(15,16)8(14,10(17,18)19)11(20,21)22/h1-5H. The van der Waals surface area contributed by atoms with Crippen LogP contribution in [0.3, 0.4) is 0 Å². The molecule has 0 heterocycles. The lowest BCUT2D eigenvalue weighted by Crippen LogP contribution is -2.69. The van der Waals surface area contributed by atoms with Crippen LogP contribution in [-0.4, -0.2) is 23.9 Å². The van der Waals surface area contributed by atoms with Crippen molar-refractivity contribution in [2.45, 2.75) is 29.9 Å². The van der Waals surface area contributed by atoms with Gasteiger partial charge in [0, 0.05) is 5.56 Å². The molecule has 0 amide bonds. The van der Waals surface area contributed by atoms with Gasteiger partial charge in [0.2, 0.25) is 0 Å². The van der Waals surface area contributed by atoms with Gasteiger partial charge >= 0.3 is 29.9 Å². The summed E-state index contributed by atoms with van der Waals surface area (Å²) in [6, 6.07) is 2.64. The molecule has 0 radical (unpaired) electrons. The Morgan fingerprint density at radius 1 is 0.545 bits per heavy atom. The van der Waals surface area contributed by atoms with Crippen molar-refractivity contribution >= 4 is 0 Å². The first-order chi connectivity index (χ1) is 9.61. The Morgan fingerprint density at radius 3 is 1.23 bits per heavy atom. The van der Waals surface area contributed by atoms with E-state index >= 15 is 0 Å². The molecule has 0 atom stereocenters. The first kappa shape index (κ1) is 18.5. The molecule has 0 N–H and O–H groups in total. The minimum absolute atomic E-state index is 0.154. The molecule has 0 saturated heterocycles. The molecule has 22 heavy (non-hydrogen) atoms. The summed E-state index contributed by atoms with van der Waals surface area (Å²) < 4.78 is 140. The van der Waals surface area contributed by atoms with Crippen LogP contribution in [0.5, 0.6) is 0 Å². The molecule has 0 aromatic heterocycles. The molecular formula is C11H5F11.